The minimum absolute atomic E-state index is 0.0645. The van der Waals surface area contributed by atoms with Crippen molar-refractivity contribution in [1.82, 2.24) is 4.90 Å². The monoisotopic (exact) mass is 437 g/mol. The molecule has 0 aromatic heterocycles. The van der Waals surface area contributed by atoms with Crippen LogP contribution in [0.3, 0.4) is 0 Å². The second kappa shape index (κ2) is 6.76. The number of rotatable bonds is 3. The third-order valence-electron chi connectivity index (χ3n) is 4.85. The van der Waals surface area contributed by atoms with Crippen LogP contribution in [-0.4, -0.2) is 37.7 Å². The molecule has 2 aromatic rings. The Kier molecular flexibility index (Phi) is 4.59. The third kappa shape index (κ3) is 2.86. The molecule has 0 N–H and O–H groups in total. The number of halogens is 2. The quantitative estimate of drug-likeness (QED) is 0.732. The molecule has 2 aromatic carbocycles. The van der Waals surface area contributed by atoms with Crippen LogP contribution in [0.15, 0.2) is 40.9 Å². The van der Waals surface area contributed by atoms with E-state index in [2.05, 4.69) is 15.9 Å². The van der Waals surface area contributed by atoms with Crippen molar-refractivity contribution in [3.8, 4) is 11.5 Å². The molecule has 1 spiro atoms. The fourth-order valence-corrected chi connectivity index (χ4v) is 4.44. The summed E-state index contributed by atoms with van der Waals surface area (Å²) in [6.07, 6.45) is 0. The number of benzene rings is 2. The minimum atomic E-state index is -0.683. The summed E-state index contributed by atoms with van der Waals surface area (Å²) in [7, 11) is 1.63. The van der Waals surface area contributed by atoms with Crippen LogP contribution in [0.2, 0.25) is 5.02 Å². The molecule has 0 bridgehead atoms. The molecule has 0 saturated carbocycles. The zero-order valence-corrected chi connectivity index (χ0v) is 16.5. The highest BCUT2D eigenvalue weighted by Crippen LogP contribution is 2.48. The number of ether oxygens (including phenoxy) is 3. The average Bonchev–Trinajstić information content (AvgIpc) is 2.98. The lowest BCUT2D eigenvalue weighted by atomic mass is 9.89. The SMILES string of the molecule is COc1ccc(CN2C(=O)COCC23COc2c(Br)cc(Cl)cc23)cc1. The Morgan fingerprint density at radius 2 is 2.04 bits per heavy atom. The highest BCUT2D eigenvalue weighted by Gasteiger charge is 2.51. The largest absolute Gasteiger partial charge is 0.497 e. The number of hydrogen-bond acceptors (Lipinski definition) is 4. The van der Waals surface area contributed by atoms with Crippen molar-refractivity contribution >= 4 is 33.4 Å². The predicted molar refractivity (Wildman–Crippen MR) is 101 cm³/mol. The van der Waals surface area contributed by atoms with E-state index in [1.54, 1.807) is 13.2 Å². The first-order valence-corrected chi connectivity index (χ1v) is 9.34. The molecule has 0 radical (unpaired) electrons. The lowest BCUT2D eigenvalue weighted by molar-refractivity contribution is -0.162. The maximum atomic E-state index is 12.7. The van der Waals surface area contributed by atoms with Gasteiger partial charge in [-0.25, -0.2) is 0 Å². The van der Waals surface area contributed by atoms with Gasteiger partial charge in [0.15, 0.2) is 0 Å². The number of morpholine rings is 1. The summed E-state index contributed by atoms with van der Waals surface area (Å²) < 4.78 is 17.5. The van der Waals surface area contributed by atoms with E-state index in [-0.39, 0.29) is 12.5 Å². The summed E-state index contributed by atoms with van der Waals surface area (Å²) in [4.78, 5) is 14.6. The zero-order valence-electron chi connectivity index (χ0n) is 14.1. The zero-order chi connectivity index (χ0) is 18.3. The standard InChI is InChI=1S/C19H17BrClNO4/c1-24-14-4-2-12(3-5-14)8-22-17(23)9-25-10-19(22)11-26-18-15(19)6-13(21)7-16(18)20/h2-7H,8-11H2,1H3. The molecule has 1 saturated heterocycles. The maximum Gasteiger partial charge on any atom is 0.249 e. The summed E-state index contributed by atoms with van der Waals surface area (Å²) in [6, 6.07) is 11.3. The minimum Gasteiger partial charge on any atom is -0.497 e. The Labute approximate surface area is 164 Å². The van der Waals surface area contributed by atoms with Gasteiger partial charge in [-0.3, -0.25) is 4.79 Å². The molecule has 1 unspecified atom stereocenters. The van der Waals surface area contributed by atoms with Crippen LogP contribution in [0.25, 0.3) is 0 Å². The first-order valence-electron chi connectivity index (χ1n) is 8.17. The van der Waals surface area contributed by atoms with Gasteiger partial charge < -0.3 is 19.1 Å². The molecule has 4 rings (SSSR count). The van der Waals surface area contributed by atoms with E-state index in [4.69, 9.17) is 25.8 Å². The fraction of sp³-hybridized carbons (Fsp3) is 0.316. The fourth-order valence-electron chi connectivity index (χ4n) is 3.52. The summed E-state index contributed by atoms with van der Waals surface area (Å²) in [6.45, 7) is 1.23. The number of nitrogens with zero attached hydrogens (tertiary/aromatic N) is 1. The van der Waals surface area contributed by atoms with E-state index in [0.29, 0.717) is 30.5 Å². The Hall–Kier alpha value is -1.76. The van der Waals surface area contributed by atoms with Gasteiger partial charge in [0.2, 0.25) is 5.91 Å². The Morgan fingerprint density at radius 1 is 1.27 bits per heavy atom. The van der Waals surface area contributed by atoms with Crippen molar-refractivity contribution in [2.24, 2.45) is 0 Å². The van der Waals surface area contributed by atoms with Crippen molar-refractivity contribution in [2.45, 2.75) is 12.1 Å². The number of carbonyl (C=O) groups is 1. The Bertz CT molecular complexity index is 857. The molecule has 1 amide bonds. The summed E-state index contributed by atoms with van der Waals surface area (Å²) in [5.41, 5.74) is 1.20. The Morgan fingerprint density at radius 3 is 2.77 bits per heavy atom. The van der Waals surface area contributed by atoms with Gasteiger partial charge in [0, 0.05) is 17.1 Å². The molecule has 7 heteroatoms. The molecule has 2 aliphatic rings. The number of fused-ring (bicyclic) bond motifs is 2. The van der Waals surface area contributed by atoms with Crippen LogP contribution in [0.1, 0.15) is 11.1 Å². The second-order valence-electron chi connectivity index (χ2n) is 6.41. The molecular weight excluding hydrogens is 422 g/mol. The lowest BCUT2D eigenvalue weighted by Crippen LogP contribution is -2.58. The first kappa shape index (κ1) is 17.6. The van der Waals surface area contributed by atoms with E-state index in [0.717, 1.165) is 21.3 Å². The highest BCUT2D eigenvalue weighted by atomic mass is 79.9. The second-order valence-corrected chi connectivity index (χ2v) is 7.70. The molecule has 1 fully saturated rings. The van der Waals surface area contributed by atoms with E-state index >= 15 is 0 Å². The van der Waals surface area contributed by atoms with Crippen molar-refractivity contribution in [2.75, 3.05) is 26.9 Å². The molecule has 26 heavy (non-hydrogen) atoms. The highest BCUT2D eigenvalue weighted by molar-refractivity contribution is 9.10. The maximum absolute atomic E-state index is 12.7. The third-order valence-corrected chi connectivity index (χ3v) is 5.66. The van der Waals surface area contributed by atoms with Crippen molar-refractivity contribution < 1.29 is 19.0 Å². The smallest absolute Gasteiger partial charge is 0.249 e. The van der Waals surface area contributed by atoms with Gasteiger partial charge in [-0.1, -0.05) is 23.7 Å². The number of carbonyl (C=O) groups excluding carboxylic acids is 1. The summed E-state index contributed by atoms with van der Waals surface area (Å²) in [5, 5.41) is 0.586. The van der Waals surface area contributed by atoms with E-state index in [9.17, 15) is 4.79 Å². The van der Waals surface area contributed by atoms with E-state index in [1.807, 2.05) is 35.2 Å². The predicted octanol–water partition coefficient (Wildman–Crippen LogP) is 3.76. The van der Waals surface area contributed by atoms with Gasteiger partial charge in [-0.2, -0.15) is 0 Å². The number of methoxy groups -OCH3 is 1. The van der Waals surface area contributed by atoms with E-state index in [1.165, 1.54) is 0 Å². The van der Waals surface area contributed by atoms with Gasteiger partial charge >= 0.3 is 0 Å². The molecular formula is C19H17BrClNO4. The molecule has 0 aliphatic carbocycles. The van der Waals surface area contributed by atoms with Gasteiger partial charge in [0.25, 0.3) is 0 Å². The van der Waals surface area contributed by atoms with Crippen LogP contribution in [0.5, 0.6) is 11.5 Å². The van der Waals surface area contributed by atoms with Gasteiger partial charge in [0.05, 0.1) is 18.2 Å². The number of amides is 1. The first-order chi connectivity index (χ1) is 12.5. The number of hydrogen-bond donors (Lipinski definition) is 0. The normalized spacial score (nSPS) is 21.7. The molecule has 2 aliphatic heterocycles. The van der Waals surface area contributed by atoms with Crippen LogP contribution >= 0.6 is 27.5 Å². The van der Waals surface area contributed by atoms with Gasteiger partial charge in [-0.05, 0) is 45.8 Å². The molecule has 5 nitrogen and oxygen atoms in total. The topological polar surface area (TPSA) is 48.0 Å². The van der Waals surface area contributed by atoms with Gasteiger partial charge in [0.1, 0.15) is 30.3 Å². The van der Waals surface area contributed by atoms with Gasteiger partial charge in [-0.15, -0.1) is 0 Å². The van der Waals surface area contributed by atoms with Crippen LogP contribution in [-0.2, 0) is 21.6 Å². The van der Waals surface area contributed by atoms with Crippen molar-refractivity contribution in [3.63, 3.8) is 0 Å². The lowest BCUT2D eigenvalue weighted by Gasteiger charge is -2.43. The molecule has 1 atom stereocenters. The van der Waals surface area contributed by atoms with Crippen LogP contribution in [0, 0.1) is 0 Å². The Balaban J connectivity index is 1.74. The van der Waals surface area contributed by atoms with E-state index < -0.39 is 5.54 Å². The van der Waals surface area contributed by atoms with Crippen molar-refractivity contribution in [1.29, 1.82) is 0 Å². The average molecular weight is 439 g/mol. The van der Waals surface area contributed by atoms with Crippen LogP contribution < -0.4 is 9.47 Å². The summed E-state index contributed by atoms with van der Waals surface area (Å²) >= 11 is 9.76. The summed E-state index contributed by atoms with van der Waals surface area (Å²) in [5.74, 6) is 1.43. The molecule has 136 valence electrons. The van der Waals surface area contributed by atoms with Crippen LogP contribution in [0.4, 0.5) is 0 Å². The van der Waals surface area contributed by atoms with Crippen molar-refractivity contribution in [3.05, 3.63) is 57.0 Å². The molecule has 2 heterocycles.